The van der Waals surface area contributed by atoms with Crippen molar-refractivity contribution in [1.82, 2.24) is 10.0 Å². The van der Waals surface area contributed by atoms with Crippen molar-refractivity contribution in [3.05, 3.63) is 0 Å². The van der Waals surface area contributed by atoms with Crippen LogP contribution in [0.2, 0.25) is 0 Å². The molecule has 1 atom stereocenters. The topological polar surface area (TPSA) is 67.4 Å². The molecule has 1 aliphatic heterocycles. The first-order valence-electron chi connectivity index (χ1n) is 5.28. The van der Waals surface area contributed by atoms with E-state index in [0.29, 0.717) is 19.4 Å². The van der Waals surface area contributed by atoms with E-state index < -0.39 is 10.0 Å². The van der Waals surface area contributed by atoms with E-state index in [-0.39, 0.29) is 11.4 Å². The van der Waals surface area contributed by atoms with Crippen molar-refractivity contribution < 1.29 is 13.2 Å². The minimum atomic E-state index is -3.16. The van der Waals surface area contributed by atoms with Gasteiger partial charge in [0.25, 0.3) is 0 Å². The maximum atomic E-state index is 11.8. The summed E-state index contributed by atoms with van der Waals surface area (Å²) >= 11 is 0. The Morgan fingerprint density at radius 2 is 2.07 bits per heavy atom. The first-order valence-corrected chi connectivity index (χ1v) is 6.83. The van der Waals surface area contributed by atoms with Crippen molar-refractivity contribution >= 4 is 10.0 Å². The first kappa shape index (κ1) is 12.9. The van der Waals surface area contributed by atoms with Gasteiger partial charge in [-0.15, -0.1) is 0 Å². The summed E-state index contributed by atoms with van der Waals surface area (Å²) in [5.41, 5.74) is 0. The summed E-state index contributed by atoms with van der Waals surface area (Å²) in [4.78, 5) is 0. The molecule has 0 aliphatic carbocycles. The van der Waals surface area contributed by atoms with E-state index in [0.717, 1.165) is 13.1 Å². The molecular weight excluding hydrogens is 216 g/mol. The molecule has 15 heavy (non-hydrogen) atoms. The van der Waals surface area contributed by atoms with Crippen LogP contribution in [0, 0.1) is 0 Å². The number of methoxy groups -OCH3 is 1. The van der Waals surface area contributed by atoms with Gasteiger partial charge in [-0.25, -0.2) is 13.1 Å². The summed E-state index contributed by atoms with van der Waals surface area (Å²) in [5.74, 6) is 0. The van der Waals surface area contributed by atoms with Crippen molar-refractivity contribution in [2.75, 3.05) is 26.7 Å². The molecule has 0 amide bonds. The zero-order valence-corrected chi connectivity index (χ0v) is 10.1. The highest BCUT2D eigenvalue weighted by Gasteiger charge is 2.26. The lowest BCUT2D eigenvalue weighted by molar-refractivity contribution is 0.122. The van der Waals surface area contributed by atoms with Crippen molar-refractivity contribution in [2.24, 2.45) is 0 Å². The highest BCUT2D eigenvalue weighted by molar-refractivity contribution is 7.90. The van der Waals surface area contributed by atoms with Crippen LogP contribution in [0.25, 0.3) is 0 Å². The number of sulfonamides is 1. The van der Waals surface area contributed by atoms with Gasteiger partial charge in [0, 0.05) is 13.7 Å². The van der Waals surface area contributed by atoms with E-state index in [2.05, 4.69) is 10.0 Å². The summed E-state index contributed by atoms with van der Waals surface area (Å²) < 4.78 is 31.2. The summed E-state index contributed by atoms with van der Waals surface area (Å²) in [5, 5.41) is 2.90. The molecule has 1 rings (SSSR count). The Morgan fingerprint density at radius 3 is 2.60 bits per heavy atom. The lowest BCUT2D eigenvalue weighted by atomic mass is 10.2. The van der Waals surface area contributed by atoms with Crippen LogP contribution >= 0.6 is 0 Å². The van der Waals surface area contributed by atoms with E-state index in [9.17, 15) is 8.42 Å². The molecule has 0 aromatic rings. The molecule has 0 spiro atoms. The molecule has 2 N–H and O–H groups in total. The summed E-state index contributed by atoms with van der Waals surface area (Å²) in [6.45, 7) is 3.75. The van der Waals surface area contributed by atoms with Gasteiger partial charge in [0.15, 0.2) is 0 Å². The Bertz CT molecular complexity index is 273. The quantitative estimate of drug-likeness (QED) is 0.687. The third-order valence-corrected chi connectivity index (χ3v) is 4.62. The lowest BCUT2D eigenvalue weighted by Crippen LogP contribution is -2.43. The molecule has 0 aromatic heterocycles. The van der Waals surface area contributed by atoms with Gasteiger partial charge in [-0.2, -0.15) is 0 Å². The van der Waals surface area contributed by atoms with E-state index in [1.165, 1.54) is 0 Å². The molecule has 1 heterocycles. The Balaban J connectivity index is 2.43. The lowest BCUT2D eigenvalue weighted by Gasteiger charge is -2.23. The second-order valence-electron chi connectivity index (χ2n) is 3.89. The third-order valence-electron chi connectivity index (χ3n) is 2.70. The summed E-state index contributed by atoms with van der Waals surface area (Å²) in [6, 6.07) is 0. The number of piperidine rings is 1. The first-order chi connectivity index (χ1) is 7.06. The normalized spacial score (nSPS) is 21.5. The number of ether oxygens (including phenoxy) is 1. The molecule has 1 aliphatic rings. The highest BCUT2D eigenvalue weighted by Crippen LogP contribution is 2.11. The van der Waals surface area contributed by atoms with Gasteiger partial charge in [-0.3, -0.25) is 0 Å². The Labute approximate surface area is 91.6 Å². The fourth-order valence-electron chi connectivity index (χ4n) is 1.54. The number of rotatable bonds is 5. The van der Waals surface area contributed by atoms with Gasteiger partial charge >= 0.3 is 0 Å². The van der Waals surface area contributed by atoms with Gasteiger partial charge in [0.1, 0.15) is 0 Å². The van der Waals surface area contributed by atoms with Crippen molar-refractivity contribution in [1.29, 1.82) is 0 Å². The zero-order valence-electron chi connectivity index (χ0n) is 9.32. The minimum Gasteiger partial charge on any atom is -0.380 e. The van der Waals surface area contributed by atoms with Crippen molar-refractivity contribution in [2.45, 2.75) is 31.1 Å². The van der Waals surface area contributed by atoms with Crippen LogP contribution < -0.4 is 10.0 Å². The van der Waals surface area contributed by atoms with E-state index >= 15 is 0 Å². The van der Waals surface area contributed by atoms with Crippen LogP contribution in [0.3, 0.4) is 0 Å². The zero-order chi connectivity index (χ0) is 11.3. The van der Waals surface area contributed by atoms with Crippen LogP contribution in [0.4, 0.5) is 0 Å². The van der Waals surface area contributed by atoms with E-state index in [1.807, 2.05) is 6.92 Å². The predicted octanol–water partition coefficient (Wildman–Crippen LogP) is -0.307. The van der Waals surface area contributed by atoms with Crippen LogP contribution in [0.5, 0.6) is 0 Å². The van der Waals surface area contributed by atoms with Gasteiger partial charge in [0.2, 0.25) is 10.0 Å². The molecule has 1 unspecified atom stereocenters. The second-order valence-corrected chi connectivity index (χ2v) is 5.93. The standard InChI is InChI=1S/C9H20N2O3S/c1-8(14-2)7-11-15(12,13)9-3-5-10-6-4-9/h8-11H,3-7H2,1-2H3. The smallest absolute Gasteiger partial charge is 0.214 e. The fourth-order valence-corrected chi connectivity index (χ4v) is 3.10. The maximum absolute atomic E-state index is 11.8. The molecule has 0 aromatic carbocycles. The molecule has 0 saturated carbocycles. The maximum Gasteiger partial charge on any atom is 0.214 e. The molecule has 90 valence electrons. The Morgan fingerprint density at radius 1 is 1.47 bits per heavy atom. The monoisotopic (exact) mass is 236 g/mol. The molecule has 0 bridgehead atoms. The highest BCUT2D eigenvalue weighted by atomic mass is 32.2. The van der Waals surface area contributed by atoms with Crippen LogP contribution in [-0.2, 0) is 14.8 Å². The van der Waals surface area contributed by atoms with Crippen molar-refractivity contribution in [3.8, 4) is 0 Å². The third kappa shape index (κ3) is 4.06. The van der Waals surface area contributed by atoms with E-state index in [1.54, 1.807) is 7.11 Å². The Kier molecular flexibility index (Phi) is 4.98. The van der Waals surface area contributed by atoms with Gasteiger partial charge in [-0.1, -0.05) is 0 Å². The minimum absolute atomic E-state index is 0.0820. The molecule has 5 nitrogen and oxygen atoms in total. The summed E-state index contributed by atoms with van der Waals surface area (Å²) in [6.07, 6.45) is 1.30. The van der Waals surface area contributed by atoms with Gasteiger partial charge in [-0.05, 0) is 32.9 Å². The molecule has 0 radical (unpaired) electrons. The largest absolute Gasteiger partial charge is 0.380 e. The summed E-state index contributed by atoms with van der Waals surface area (Å²) in [7, 11) is -1.59. The molecule has 1 fully saturated rings. The van der Waals surface area contributed by atoms with Crippen LogP contribution in [0.15, 0.2) is 0 Å². The molecular formula is C9H20N2O3S. The van der Waals surface area contributed by atoms with Gasteiger partial charge in [0.05, 0.1) is 11.4 Å². The van der Waals surface area contributed by atoms with Crippen LogP contribution in [0.1, 0.15) is 19.8 Å². The Hall–Kier alpha value is -0.170. The van der Waals surface area contributed by atoms with E-state index in [4.69, 9.17) is 4.74 Å². The van der Waals surface area contributed by atoms with Crippen LogP contribution in [-0.4, -0.2) is 46.5 Å². The number of hydrogen-bond acceptors (Lipinski definition) is 4. The second kappa shape index (κ2) is 5.79. The molecule has 1 saturated heterocycles. The predicted molar refractivity (Wildman–Crippen MR) is 59.3 cm³/mol. The SMILES string of the molecule is COC(C)CNS(=O)(=O)C1CCNCC1. The number of hydrogen-bond donors (Lipinski definition) is 2. The van der Waals surface area contributed by atoms with Crippen molar-refractivity contribution in [3.63, 3.8) is 0 Å². The number of nitrogens with one attached hydrogen (secondary N) is 2. The fraction of sp³-hybridized carbons (Fsp3) is 1.00. The molecule has 6 heteroatoms. The van der Waals surface area contributed by atoms with Gasteiger partial charge < -0.3 is 10.1 Å². The average molecular weight is 236 g/mol. The average Bonchev–Trinajstić information content (AvgIpc) is 2.27.